The molecular weight excluding hydrogens is 399 g/mol. The van der Waals surface area contributed by atoms with Crippen LogP contribution >= 0.6 is 43.5 Å². The number of aliphatic imine (C=N–C) groups is 1. The largest absolute Gasteiger partial charge is 0.466 e. The molecule has 0 heterocycles. The van der Waals surface area contributed by atoms with Crippen LogP contribution in [0.25, 0.3) is 0 Å². The molecule has 7 heteroatoms. The van der Waals surface area contributed by atoms with E-state index in [2.05, 4.69) is 36.9 Å². The van der Waals surface area contributed by atoms with E-state index in [1.165, 1.54) is 0 Å². The number of benzene rings is 1. The Balaban J connectivity index is 3.00. The second kappa shape index (κ2) is 7.87. The molecule has 0 bridgehead atoms. The van der Waals surface area contributed by atoms with Crippen molar-refractivity contribution in [1.82, 2.24) is 0 Å². The number of carbonyl (C=O) groups is 1. The summed E-state index contributed by atoms with van der Waals surface area (Å²) >= 11 is 12.4. The van der Waals surface area contributed by atoms with Gasteiger partial charge in [-0.15, -0.1) is 11.6 Å². The fraction of sp³-hybridized carbons (Fsp3) is 0.333. The third kappa shape index (κ3) is 5.12. The summed E-state index contributed by atoms with van der Waals surface area (Å²) in [5.74, 6) is 0.211. The number of hydrogen-bond acceptors (Lipinski definition) is 3. The maximum atomic E-state index is 11.4. The van der Waals surface area contributed by atoms with Gasteiger partial charge in [-0.1, -0.05) is 0 Å². The predicted molar refractivity (Wildman–Crippen MR) is 84.2 cm³/mol. The van der Waals surface area contributed by atoms with Crippen molar-refractivity contribution in [2.75, 3.05) is 12.5 Å². The summed E-state index contributed by atoms with van der Waals surface area (Å²) < 4.78 is 6.36. The van der Waals surface area contributed by atoms with E-state index in [1.807, 2.05) is 12.1 Å². The van der Waals surface area contributed by atoms with E-state index in [0.29, 0.717) is 18.1 Å². The van der Waals surface area contributed by atoms with Gasteiger partial charge in [0.2, 0.25) is 0 Å². The zero-order chi connectivity index (χ0) is 14.4. The van der Waals surface area contributed by atoms with E-state index in [4.69, 9.17) is 22.1 Å². The number of nitrogens with zero attached hydrogens (tertiary/aromatic N) is 1. The Morgan fingerprint density at radius 2 is 2.00 bits per heavy atom. The maximum Gasteiger partial charge on any atom is 0.310 e. The molecule has 0 unspecified atom stereocenters. The summed E-state index contributed by atoms with van der Waals surface area (Å²) in [5, 5.41) is 0. The molecule has 0 fully saturated rings. The Morgan fingerprint density at radius 3 is 2.47 bits per heavy atom. The first kappa shape index (κ1) is 16.5. The fourth-order valence-electron chi connectivity index (χ4n) is 1.38. The molecule has 0 radical (unpaired) electrons. The molecule has 1 rings (SSSR count). The highest BCUT2D eigenvalue weighted by molar-refractivity contribution is 9.11. The van der Waals surface area contributed by atoms with Crippen LogP contribution in [-0.2, 0) is 16.0 Å². The summed E-state index contributed by atoms with van der Waals surface area (Å²) in [4.78, 5) is 15.6. The molecule has 1 aromatic carbocycles. The van der Waals surface area contributed by atoms with Gasteiger partial charge in [0.15, 0.2) is 0 Å². The monoisotopic (exact) mass is 410 g/mol. The second-order valence-electron chi connectivity index (χ2n) is 3.63. The first-order chi connectivity index (χ1) is 8.97. The van der Waals surface area contributed by atoms with Crippen LogP contribution in [0.1, 0.15) is 12.5 Å². The van der Waals surface area contributed by atoms with E-state index in [-0.39, 0.29) is 18.3 Å². The van der Waals surface area contributed by atoms with Crippen molar-refractivity contribution in [3.8, 4) is 0 Å². The Hall–Kier alpha value is -0.590. The van der Waals surface area contributed by atoms with Crippen molar-refractivity contribution in [3.63, 3.8) is 0 Å². The molecule has 0 aromatic heterocycles. The minimum absolute atomic E-state index is 0.156. The molecule has 2 N–H and O–H groups in total. The Morgan fingerprint density at radius 1 is 1.42 bits per heavy atom. The third-order valence-electron chi connectivity index (χ3n) is 2.12. The summed E-state index contributed by atoms with van der Waals surface area (Å²) in [7, 11) is 0. The van der Waals surface area contributed by atoms with Crippen molar-refractivity contribution in [2.24, 2.45) is 10.7 Å². The van der Waals surface area contributed by atoms with Crippen LogP contribution in [-0.4, -0.2) is 24.3 Å². The minimum Gasteiger partial charge on any atom is -0.466 e. The van der Waals surface area contributed by atoms with E-state index >= 15 is 0 Å². The van der Waals surface area contributed by atoms with Crippen molar-refractivity contribution >= 4 is 61.0 Å². The number of amidine groups is 1. The molecule has 19 heavy (non-hydrogen) atoms. The summed E-state index contributed by atoms with van der Waals surface area (Å²) in [5.41, 5.74) is 7.07. The van der Waals surface area contributed by atoms with Gasteiger partial charge in [-0.25, -0.2) is 4.99 Å². The number of hydrogen-bond donors (Lipinski definition) is 1. The smallest absolute Gasteiger partial charge is 0.310 e. The van der Waals surface area contributed by atoms with E-state index < -0.39 is 0 Å². The highest BCUT2D eigenvalue weighted by Crippen LogP contribution is 2.35. The molecule has 0 aliphatic heterocycles. The van der Waals surface area contributed by atoms with Crippen molar-refractivity contribution in [1.29, 1.82) is 0 Å². The highest BCUT2D eigenvalue weighted by atomic mass is 79.9. The lowest BCUT2D eigenvalue weighted by molar-refractivity contribution is -0.142. The zero-order valence-corrected chi connectivity index (χ0v) is 14.2. The fourth-order valence-corrected chi connectivity index (χ4v) is 2.90. The van der Waals surface area contributed by atoms with Crippen molar-refractivity contribution in [2.45, 2.75) is 13.3 Å². The first-order valence-electron chi connectivity index (χ1n) is 5.50. The van der Waals surface area contributed by atoms with Gasteiger partial charge in [0, 0.05) is 8.95 Å². The van der Waals surface area contributed by atoms with Gasteiger partial charge in [0.25, 0.3) is 0 Å². The van der Waals surface area contributed by atoms with Crippen molar-refractivity contribution in [3.05, 3.63) is 26.6 Å². The van der Waals surface area contributed by atoms with Gasteiger partial charge >= 0.3 is 5.97 Å². The molecule has 0 atom stereocenters. The van der Waals surface area contributed by atoms with Gasteiger partial charge in [0.1, 0.15) is 5.84 Å². The lowest BCUT2D eigenvalue weighted by atomic mass is 10.1. The molecular formula is C12H13Br2ClN2O2. The number of ether oxygens (including phenoxy) is 1. The number of esters is 1. The second-order valence-corrected chi connectivity index (χ2v) is 5.60. The van der Waals surface area contributed by atoms with Gasteiger partial charge in [-0.05, 0) is 56.5 Å². The molecule has 0 saturated heterocycles. The van der Waals surface area contributed by atoms with E-state index in [0.717, 1.165) is 14.5 Å². The van der Waals surface area contributed by atoms with Crippen LogP contribution < -0.4 is 5.73 Å². The van der Waals surface area contributed by atoms with Crippen LogP contribution in [0.3, 0.4) is 0 Å². The molecule has 0 saturated carbocycles. The number of alkyl halides is 1. The average Bonchev–Trinajstić information content (AvgIpc) is 2.33. The van der Waals surface area contributed by atoms with Crippen LogP contribution in [0.5, 0.6) is 0 Å². The highest BCUT2D eigenvalue weighted by Gasteiger charge is 2.10. The summed E-state index contributed by atoms with van der Waals surface area (Å²) in [6.45, 7) is 2.15. The number of carbonyl (C=O) groups excluding carboxylic acids is 1. The minimum atomic E-state index is -0.266. The Kier molecular flexibility index (Phi) is 6.82. The van der Waals surface area contributed by atoms with Gasteiger partial charge in [0.05, 0.1) is 24.6 Å². The van der Waals surface area contributed by atoms with Gasteiger partial charge in [-0.3, -0.25) is 4.79 Å². The van der Waals surface area contributed by atoms with Gasteiger partial charge < -0.3 is 10.5 Å². The SMILES string of the molecule is CCOC(=O)Cc1cc(Br)c(N=C(N)CCl)c(Br)c1. The van der Waals surface area contributed by atoms with Crippen LogP contribution in [0.4, 0.5) is 5.69 Å². The van der Waals surface area contributed by atoms with Crippen LogP contribution in [0.15, 0.2) is 26.1 Å². The molecule has 0 aliphatic carbocycles. The predicted octanol–water partition coefficient (Wildman–Crippen LogP) is 3.54. The zero-order valence-electron chi connectivity index (χ0n) is 10.3. The summed E-state index contributed by atoms with van der Waals surface area (Å²) in [6.07, 6.45) is 0.208. The molecule has 0 spiro atoms. The van der Waals surface area contributed by atoms with E-state index in [1.54, 1.807) is 6.92 Å². The first-order valence-corrected chi connectivity index (χ1v) is 7.62. The molecule has 1 aromatic rings. The third-order valence-corrected chi connectivity index (χ3v) is 3.61. The number of nitrogens with two attached hydrogens (primary N) is 1. The van der Waals surface area contributed by atoms with Crippen LogP contribution in [0.2, 0.25) is 0 Å². The average molecular weight is 413 g/mol. The topological polar surface area (TPSA) is 64.7 Å². The molecule has 104 valence electrons. The number of halogens is 3. The molecule has 0 amide bonds. The van der Waals surface area contributed by atoms with E-state index in [9.17, 15) is 4.79 Å². The van der Waals surface area contributed by atoms with Crippen LogP contribution in [0, 0.1) is 0 Å². The summed E-state index contributed by atoms with van der Waals surface area (Å²) in [6, 6.07) is 3.62. The Bertz CT molecular complexity index is 483. The molecule has 4 nitrogen and oxygen atoms in total. The quantitative estimate of drug-likeness (QED) is 0.348. The van der Waals surface area contributed by atoms with Gasteiger partial charge in [-0.2, -0.15) is 0 Å². The lowest BCUT2D eigenvalue weighted by Crippen LogP contribution is -2.12. The standard InChI is InChI=1S/C12H13Br2ClN2O2/c1-2-19-11(18)5-7-3-8(13)12(9(14)4-7)17-10(16)6-15/h3-4H,2,5-6H2,1H3,(H2,16,17). The maximum absolute atomic E-state index is 11.4. The molecule has 0 aliphatic rings. The normalized spacial score (nSPS) is 11.5. The number of rotatable bonds is 5. The lowest BCUT2D eigenvalue weighted by Gasteiger charge is -2.07. The van der Waals surface area contributed by atoms with Crippen molar-refractivity contribution < 1.29 is 9.53 Å². The Labute approximate surface area is 133 Å².